The lowest BCUT2D eigenvalue weighted by atomic mass is 9.65. The molecule has 5 heterocycles. The van der Waals surface area contributed by atoms with Crippen molar-refractivity contribution in [3.05, 3.63) is 41.5 Å². The van der Waals surface area contributed by atoms with E-state index in [4.69, 9.17) is 0 Å². The molecule has 3 nitrogen and oxygen atoms in total. The number of ketones is 1. The first-order chi connectivity index (χ1) is 10.8. The summed E-state index contributed by atoms with van der Waals surface area (Å²) in [6, 6.07) is 9.84. The van der Waals surface area contributed by atoms with Crippen LogP contribution in [0.1, 0.15) is 25.3 Å². The molecule has 6 aliphatic rings. The van der Waals surface area contributed by atoms with Gasteiger partial charge in [0.15, 0.2) is 5.78 Å². The summed E-state index contributed by atoms with van der Waals surface area (Å²) in [6.07, 6.45) is 4.47. The van der Waals surface area contributed by atoms with Gasteiger partial charge in [-0.3, -0.25) is 9.69 Å². The summed E-state index contributed by atoms with van der Waals surface area (Å²) in [5, 5.41) is 3.75. The van der Waals surface area contributed by atoms with Gasteiger partial charge in [-0.05, 0) is 37.3 Å². The van der Waals surface area contributed by atoms with Crippen molar-refractivity contribution in [2.24, 2.45) is 11.8 Å². The Morgan fingerprint density at radius 1 is 1.32 bits per heavy atom. The molecule has 0 aromatic heterocycles. The van der Waals surface area contributed by atoms with E-state index in [1.165, 1.54) is 23.2 Å². The number of allylic oxidation sites excluding steroid dienone is 1. The maximum atomic E-state index is 13.6. The monoisotopic (exact) mass is 292 g/mol. The second-order valence-electron chi connectivity index (χ2n) is 7.75. The lowest BCUT2D eigenvalue weighted by Crippen LogP contribution is -2.66. The van der Waals surface area contributed by atoms with Crippen LogP contribution in [0.4, 0.5) is 5.69 Å². The molecule has 112 valence electrons. The predicted molar refractivity (Wildman–Crippen MR) is 84.8 cm³/mol. The molecule has 22 heavy (non-hydrogen) atoms. The van der Waals surface area contributed by atoms with E-state index in [0.717, 1.165) is 13.0 Å². The zero-order valence-electron chi connectivity index (χ0n) is 12.8. The zero-order valence-corrected chi connectivity index (χ0v) is 12.8. The fraction of sp³-hybridized carbons (Fsp3) is 0.526. The number of hydrogen-bond donors (Lipinski definition) is 1. The van der Waals surface area contributed by atoms with Gasteiger partial charge in [0, 0.05) is 30.2 Å². The summed E-state index contributed by atoms with van der Waals surface area (Å²) in [5.74, 6) is 1.29. The molecule has 0 radical (unpaired) electrons. The topological polar surface area (TPSA) is 32.3 Å². The first-order valence-electron chi connectivity index (χ1n) is 8.57. The average molecular weight is 292 g/mol. The summed E-state index contributed by atoms with van der Waals surface area (Å²) in [6.45, 7) is 3.23. The molecule has 7 atom stereocenters. The van der Waals surface area contributed by atoms with Crippen LogP contribution in [-0.2, 0) is 10.2 Å². The van der Waals surface area contributed by atoms with Crippen LogP contribution >= 0.6 is 0 Å². The van der Waals surface area contributed by atoms with Crippen LogP contribution in [0.5, 0.6) is 0 Å². The van der Waals surface area contributed by atoms with Gasteiger partial charge in [-0.2, -0.15) is 0 Å². The fourth-order valence-electron chi connectivity index (χ4n) is 6.57. The molecule has 0 amide bonds. The number of nitrogens with zero attached hydrogens (tertiary/aromatic N) is 1. The lowest BCUT2D eigenvalue weighted by molar-refractivity contribution is -0.126. The van der Waals surface area contributed by atoms with E-state index in [1.54, 1.807) is 0 Å². The van der Waals surface area contributed by atoms with Crippen molar-refractivity contribution in [3.8, 4) is 0 Å². The van der Waals surface area contributed by atoms with Gasteiger partial charge in [-0.15, -0.1) is 0 Å². The molecule has 1 spiro atoms. The van der Waals surface area contributed by atoms with E-state index in [-0.39, 0.29) is 11.3 Å². The third-order valence-corrected chi connectivity index (χ3v) is 7.32. The molecule has 1 aromatic carbocycles. The zero-order chi connectivity index (χ0) is 14.6. The maximum Gasteiger partial charge on any atom is 0.150 e. The number of hydrogen-bond acceptors (Lipinski definition) is 3. The highest BCUT2D eigenvalue weighted by atomic mass is 16.1. The van der Waals surface area contributed by atoms with Crippen molar-refractivity contribution >= 4 is 11.5 Å². The third kappa shape index (κ3) is 1.00. The van der Waals surface area contributed by atoms with Gasteiger partial charge in [-0.1, -0.05) is 29.8 Å². The van der Waals surface area contributed by atoms with Gasteiger partial charge >= 0.3 is 0 Å². The van der Waals surface area contributed by atoms with Crippen molar-refractivity contribution in [1.82, 2.24) is 4.90 Å². The van der Waals surface area contributed by atoms with Crippen LogP contribution in [0.3, 0.4) is 0 Å². The SMILES string of the molecule is CC=C1CN2[C@H]3C[C@]45C(=O)[C@H]3[C@H]1C[C@H]2[C@@H]4Nc1ccccc15. The normalized spacial score (nSPS) is 51.1. The summed E-state index contributed by atoms with van der Waals surface area (Å²) in [5.41, 5.74) is 3.77. The summed E-state index contributed by atoms with van der Waals surface area (Å²) >= 11 is 0. The molecule has 5 bridgehead atoms. The Hall–Kier alpha value is -1.61. The minimum absolute atomic E-state index is 0.231. The number of para-hydroxylation sites is 1. The summed E-state index contributed by atoms with van der Waals surface area (Å²) in [7, 11) is 0. The Morgan fingerprint density at radius 3 is 3.05 bits per heavy atom. The highest BCUT2D eigenvalue weighted by Crippen LogP contribution is 2.64. The van der Waals surface area contributed by atoms with Crippen LogP contribution in [0.15, 0.2) is 35.9 Å². The molecule has 5 aliphatic heterocycles. The standard InChI is InChI=1S/C19H20N2O/c1-2-10-9-21-14-7-11(10)16-15(21)8-19(18(16)22)12-5-3-4-6-13(12)20-17(14)19/h2-6,11,14-17,20H,7-9H2,1H3/t11-,14-,15-,16-,17-,19+/m0/s1. The average Bonchev–Trinajstić information content (AvgIpc) is 3.02. The number of piperidine rings is 4. The molecule has 1 aromatic rings. The van der Waals surface area contributed by atoms with Gasteiger partial charge in [-0.25, -0.2) is 0 Å². The molecule has 5 fully saturated rings. The Morgan fingerprint density at radius 2 is 2.18 bits per heavy atom. The second kappa shape index (κ2) is 3.48. The van der Waals surface area contributed by atoms with E-state index in [0.29, 0.717) is 29.8 Å². The molecule has 3 heteroatoms. The molecule has 4 saturated heterocycles. The minimum Gasteiger partial charge on any atom is -0.379 e. The van der Waals surface area contributed by atoms with Gasteiger partial charge in [0.1, 0.15) is 0 Å². The second-order valence-corrected chi connectivity index (χ2v) is 7.75. The maximum absolute atomic E-state index is 13.6. The molecular weight excluding hydrogens is 272 g/mol. The predicted octanol–water partition coefficient (Wildman–Crippen LogP) is 2.34. The van der Waals surface area contributed by atoms with Crippen LogP contribution in [-0.4, -0.2) is 35.4 Å². The van der Waals surface area contributed by atoms with Crippen molar-refractivity contribution in [2.45, 2.75) is 43.3 Å². The molecule has 1 saturated carbocycles. The summed E-state index contributed by atoms with van der Waals surface area (Å²) in [4.78, 5) is 16.2. The van der Waals surface area contributed by atoms with Crippen molar-refractivity contribution in [3.63, 3.8) is 0 Å². The fourth-order valence-corrected chi connectivity index (χ4v) is 6.57. The number of carbonyl (C=O) groups is 1. The number of anilines is 1. The number of benzene rings is 1. The van der Waals surface area contributed by atoms with Crippen LogP contribution in [0.2, 0.25) is 0 Å². The number of carbonyl (C=O) groups excluding carboxylic acids is 1. The van der Waals surface area contributed by atoms with Crippen molar-refractivity contribution in [1.29, 1.82) is 0 Å². The quantitative estimate of drug-likeness (QED) is 0.745. The smallest absolute Gasteiger partial charge is 0.150 e. The molecule has 7 rings (SSSR count). The Labute approximate surface area is 130 Å². The molecule has 1 aliphatic carbocycles. The van der Waals surface area contributed by atoms with Crippen molar-refractivity contribution < 1.29 is 4.79 Å². The first kappa shape index (κ1) is 11.9. The van der Waals surface area contributed by atoms with Gasteiger partial charge in [0.25, 0.3) is 0 Å². The van der Waals surface area contributed by atoms with Gasteiger partial charge in [0.05, 0.1) is 11.5 Å². The number of fused-ring (bicyclic) bond motifs is 2. The minimum atomic E-state index is -0.231. The largest absolute Gasteiger partial charge is 0.379 e. The van der Waals surface area contributed by atoms with E-state index < -0.39 is 0 Å². The number of rotatable bonds is 0. The Kier molecular flexibility index (Phi) is 1.88. The highest BCUT2D eigenvalue weighted by molar-refractivity contribution is 6.01. The van der Waals surface area contributed by atoms with Crippen LogP contribution in [0.25, 0.3) is 0 Å². The Balaban J connectivity index is 1.62. The van der Waals surface area contributed by atoms with Gasteiger partial charge < -0.3 is 5.32 Å². The first-order valence-corrected chi connectivity index (χ1v) is 8.57. The van der Waals surface area contributed by atoms with Crippen molar-refractivity contribution in [2.75, 3.05) is 11.9 Å². The lowest BCUT2D eigenvalue weighted by Gasteiger charge is -2.57. The highest BCUT2D eigenvalue weighted by Gasteiger charge is 2.73. The number of nitrogens with one attached hydrogen (secondary N) is 1. The van der Waals surface area contributed by atoms with Gasteiger partial charge in [0.2, 0.25) is 0 Å². The Bertz CT molecular complexity index is 754. The third-order valence-electron chi connectivity index (χ3n) is 7.32. The van der Waals surface area contributed by atoms with E-state index in [9.17, 15) is 4.79 Å². The van der Waals surface area contributed by atoms with E-state index >= 15 is 0 Å². The van der Waals surface area contributed by atoms with E-state index in [1.807, 2.05) is 0 Å². The number of Topliss-reactive ketones (excluding diaryl/α,β-unsaturated/α-hetero) is 1. The van der Waals surface area contributed by atoms with E-state index in [2.05, 4.69) is 47.5 Å². The molecule has 1 N–H and O–H groups in total. The molecule has 1 unspecified atom stereocenters. The van der Waals surface area contributed by atoms with Crippen LogP contribution < -0.4 is 5.32 Å². The molecular formula is C19H20N2O. The van der Waals surface area contributed by atoms with Crippen LogP contribution in [0, 0.1) is 11.8 Å². The summed E-state index contributed by atoms with van der Waals surface area (Å²) < 4.78 is 0.